The molecular formula is C18H36. The van der Waals surface area contributed by atoms with E-state index in [0.29, 0.717) is 0 Å². The Kier molecular flexibility index (Phi) is 14.6. The molecule has 0 saturated heterocycles. The zero-order valence-corrected chi connectivity index (χ0v) is 13.2. The zero-order chi connectivity index (χ0) is 13.5. The first-order chi connectivity index (χ1) is 8.77. The van der Waals surface area contributed by atoms with Gasteiger partial charge in [-0.15, -0.1) is 0 Å². The van der Waals surface area contributed by atoms with Crippen molar-refractivity contribution < 1.29 is 0 Å². The minimum Gasteiger partial charge on any atom is -0.0885 e. The van der Waals surface area contributed by atoms with Gasteiger partial charge in [-0.3, -0.25) is 0 Å². The quantitative estimate of drug-likeness (QED) is 0.247. The Morgan fingerprint density at radius 1 is 0.667 bits per heavy atom. The van der Waals surface area contributed by atoms with E-state index in [1.807, 2.05) is 0 Å². The van der Waals surface area contributed by atoms with Crippen LogP contribution in [0.2, 0.25) is 0 Å². The first kappa shape index (κ1) is 17.7. The summed E-state index contributed by atoms with van der Waals surface area (Å²) in [7, 11) is 0. The zero-order valence-electron chi connectivity index (χ0n) is 13.2. The number of rotatable bonds is 13. The maximum atomic E-state index is 2.41. The number of allylic oxidation sites excluding steroid dienone is 2. The van der Waals surface area contributed by atoms with Gasteiger partial charge >= 0.3 is 0 Å². The van der Waals surface area contributed by atoms with Crippen LogP contribution in [0.3, 0.4) is 0 Å². The molecule has 0 unspecified atom stereocenters. The summed E-state index contributed by atoms with van der Waals surface area (Å²) in [5, 5.41) is 0. The van der Waals surface area contributed by atoms with E-state index in [1.165, 1.54) is 77.0 Å². The molecule has 0 aliphatic heterocycles. The maximum Gasteiger partial charge on any atom is -0.0351 e. The van der Waals surface area contributed by atoms with E-state index in [0.717, 1.165) is 5.92 Å². The molecule has 0 aromatic rings. The Labute approximate surface area is 116 Å². The normalized spacial score (nSPS) is 11.8. The molecule has 0 heteroatoms. The predicted molar refractivity (Wildman–Crippen MR) is 85.1 cm³/mol. The Balaban J connectivity index is 3.05. The van der Waals surface area contributed by atoms with Crippen molar-refractivity contribution in [2.45, 2.75) is 97.8 Å². The number of hydrogen-bond acceptors (Lipinski definition) is 0. The molecular weight excluding hydrogens is 216 g/mol. The molecule has 0 rings (SSSR count). The maximum absolute atomic E-state index is 2.41. The number of hydrogen-bond donors (Lipinski definition) is 0. The van der Waals surface area contributed by atoms with Gasteiger partial charge in [0.05, 0.1) is 0 Å². The summed E-state index contributed by atoms with van der Waals surface area (Å²) in [6.45, 7) is 6.92. The Hall–Kier alpha value is -0.260. The lowest BCUT2D eigenvalue weighted by Crippen LogP contribution is -1.86. The fraction of sp³-hybridized carbons (Fsp3) is 0.889. The van der Waals surface area contributed by atoms with Crippen LogP contribution in [-0.4, -0.2) is 0 Å². The third-order valence-electron chi connectivity index (χ3n) is 3.54. The van der Waals surface area contributed by atoms with Gasteiger partial charge in [0, 0.05) is 0 Å². The summed E-state index contributed by atoms with van der Waals surface area (Å²) in [6.07, 6.45) is 21.5. The van der Waals surface area contributed by atoms with Crippen molar-refractivity contribution in [1.82, 2.24) is 0 Å². The van der Waals surface area contributed by atoms with Gasteiger partial charge in [-0.1, -0.05) is 84.3 Å². The molecule has 0 aromatic heterocycles. The van der Waals surface area contributed by atoms with Crippen LogP contribution in [0.15, 0.2) is 12.2 Å². The van der Waals surface area contributed by atoms with Gasteiger partial charge in [0.25, 0.3) is 0 Å². The van der Waals surface area contributed by atoms with Crippen molar-refractivity contribution in [2.75, 3.05) is 0 Å². The van der Waals surface area contributed by atoms with Crippen molar-refractivity contribution in [1.29, 1.82) is 0 Å². The molecule has 0 N–H and O–H groups in total. The van der Waals surface area contributed by atoms with Gasteiger partial charge in [0.2, 0.25) is 0 Å². The Morgan fingerprint density at radius 2 is 1.17 bits per heavy atom. The Morgan fingerprint density at radius 3 is 1.72 bits per heavy atom. The van der Waals surface area contributed by atoms with Crippen LogP contribution in [0, 0.1) is 5.92 Å². The van der Waals surface area contributed by atoms with Crippen LogP contribution >= 0.6 is 0 Å². The van der Waals surface area contributed by atoms with Crippen molar-refractivity contribution in [3.05, 3.63) is 12.2 Å². The van der Waals surface area contributed by atoms with Gasteiger partial charge in [-0.05, 0) is 31.6 Å². The van der Waals surface area contributed by atoms with Crippen LogP contribution in [0.1, 0.15) is 97.8 Å². The van der Waals surface area contributed by atoms with Gasteiger partial charge < -0.3 is 0 Å². The average Bonchev–Trinajstić information content (AvgIpc) is 2.34. The van der Waals surface area contributed by atoms with Crippen molar-refractivity contribution in [3.63, 3.8) is 0 Å². The fourth-order valence-corrected chi connectivity index (χ4v) is 2.27. The second kappa shape index (κ2) is 14.8. The monoisotopic (exact) mass is 252 g/mol. The molecule has 0 heterocycles. The summed E-state index contributed by atoms with van der Waals surface area (Å²) in [4.78, 5) is 0. The van der Waals surface area contributed by atoms with E-state index in [-0.39, 0.29) is 0 Å². The molecule has 108 valence electrons. The van der Waals surface area contributed by atoms with Crippen LogP contribution in [0.5, 0.6) is 0 Å². The van der Waals surface area contributed by atoms with Crippen LogP contribution in [-0.2, 0) is 0 Å². The van der Waals surface area contributed by atoms with Crippen LogP contribution in [0.4, 0.5) is 0 Å². The largest absolute Gasteiger partial charge is 0.0885 e. The molecule has 0 bridgehead atoms. The molecule has 0 aromatic carbocycles. The average molecular weight is 252 g/mol. The lowest BCUT2D eigenvalue weighted by atomic mass is 10.0. The highest BCUT2D eigenvalue weighted by atomic mass is 14.0. The molecule has 0 amide bonds. The van der Waals surface area contributed by atoms with E-state index in [9.17, 15) is 0 Å². The van der Waals surface area contributed by atoms with Crippen LogP contribution < -0.4 is 0 Å². The molecule has 0 aliphatic carbocycles. The number of unbranched alkanes of at least 4 members (excludes halogenated alkanes) is 9. The first-order valence-electron chi connectivity index (χ1n) is 8.42. The molecule has 0 radical (unpaired) electrons. The SMILES string of the molecule is CCCCCCCCC=CCCCCCC(C)C. The summed E-state index contributed by atoms with van der Waals surface area (Å²) in [6, 6.07) is 0. The molecule has 0 atom stereocenters. The van der Waals surface area contributed by atoms with E-state index >= 15 is 0 Å². The topological polar surface area (TPSA) is 0 Å². The lowest BCUT2D eigenvalue weighted by Gasteiger charge is -2.02. The second-order valence-corrected chi connectivity index (χ2v) is 6.06. The molecule has 0 aliphatic rings. The van der Waals surface area contributed by atoms with Crippen LogP contribution in [0.25, 0.3) is 0 Å². The molecule has 18 heavy (non-hydrogen) atoms. The summed E-state index contributed by atoms with van der Waals surface area (Å²) < 4.78 is 0. The fourth-order valence-electron chi connectivity index (χ4n) is 2.27. The standard InChI is InChI=1S/C18H36/c1-4-5-6-7-8-9-10-11-12-13-14-15-16-17-18(2)3/h11-12,18H,4-10,13-17H2,1-3H3. The minimum atomic E-state index is 0.883. The van der Waals surface area contributed by atoms with Gasteiger partial charge in [0.15, 0.2) is 0 Å². The highest BCUT2D eigenvalue weighted by Gasteiger charge is 1.93. The second-order valence-electron chi connectivity index (χ2n) is 6.06. The molecule has 0 fully saturated rings. The van der Waals surface area contributed by atoms with Crippen molar-refractivity contribution >= 4 is 0 Å². The molecule has 0 saturated carbocycles. The first-order valence-corrected chi connectivity index (χ1v) is 8.42. The summed E-state index contributed by atoms with van der Waals surface area (Å²) >= 11 is 0. The van der Waals surface area contributed by atoms with E-state index < -0.39 is 0 Å². The highest BCUT2D eigenvalue weighted by Crippen LogP contribution is 2.10. The van der Waals surface area contributed by atoms with E-state index in [2.05, 4.69) is 32.9 Å². The third-order valence-corrected chi connectivity index (χ3v) is 3.54. The van der Waals surface area contributed by atoms with Gasteiger partial charge in [-0.25, -0.2) is 0 Å². The highest BCUT2D eigenvalue weighted by molar-refractivity contribution is 4.81. The Bertz CT molecular complexity index is 167. The van der Waals surface area contributed by atoms with Gasteiger partial charge in [0.1, 0.15) is 0 Å². The minimum absolute atomic E-state index is 0.883. The summed E-state index contributed by atoms with van der Waals surface area (Å²) in [5.41, 5.74) is 0. The van der Waals surface area contributed by atoms with E-state index in [1.54, 1.807) is 0 Å². The van der Waals surface area contributed by atoms with E-state index in [4.69, 9.17) is 0 Å². The third kappa shape index (κ3) is 15.7. The summed E-state index contributed by atoms with van der Waals surface area (Å²) in [5.74, 6) is 0.883. The van der Waals surface area contributed by atoms with Gasteiger partial charge in [-0.2, -0.15) is 0 Å². The molecule has 0 spiro atoms. The predicted octanol–water partition coefficient (Wildman–Crippen LogP) is 6.90. The lowest BCUT2D eigenvalue weighted by molar-refractivity contribution is 0.528. The smallest absolute Gasteiger partial charge is 0.0351 e. The van der Waals surface area contributed by atoms with Crippen molar-refractivity contribution in [3.8, 4) is 0 Å². The molecule has 0 nitrogen and oxygen atoms in total. The van der Waals surface area contributed by atoms with Crippen molar-refractivity contribution in [2.24, 2.45) is 5.92 Å².